The maximum atomic E-state index is 11.7. The molecular weight excluding hydrogens is 691 g/mol. The van der Waals surface area contributed by atoms with E-state index in [0.717, 1.165) is 5.52 Å². The van der Waals surface area contributed by atoms with Crippen LogP contribution in [0.5, 0.6) is 0 Å². The normalized spacial score (nSPS) is 11.2. The predicted molar refractivity (Wildman–Crippen MR) is 199 cm³/mol. The van der Waals surface area contributed by atoms with Gasteiger partial charge in [-0.05, 0) is 42.8 Å². The first-order chi connectivity index (χ1) is 23.0. The van der Waals surface area contributed by atoms with Crippen molar-refractivity contribution in [3.8, 4) is 0 Å². The summed E-state index contributed by atoms with van der Waals surface area (Å²) in [6.45, 7) is 13.0. The predicted octanol–water partition coefficient (Wildman–Crippen LogP) is 7.28. The summed E-state index contributed by atoms with van der Waals surface area (Å²) in [6, 6.07) is 10.6. The van der Waals surface area contributed by atoms with Crippen LogP contribution in [0.25, 0.3) is 22.1 Å². The van der Waals surface area contributed by atoms with Crippen molar-refractivity contribution in [3.05, 3.63) is 102 Å². The summed E-state index contributed by atoms with van der Waals surface area (Å²) in [7, 11) is 0. The van der Waals surface area contributed by atoms with Gasteiger partial charge < -0.3 is 21.2 Å². The standard InChI is InChI=1S/C11H9ClN2O.C11H11ClN2O.C7H12O3.C6H7ClN2/c1-6(2)9-11(15)13-8-5-3-4-7(12)10(8)14-9;1-6(2)9-11(15)14-10-7(12)4-3-5-8(10)13-9;1-4-10-7(9)6(8)5(2)3;7-4-2-1-3-5(8)6(4)9/h3,5-6H,1-2H3;3-6H,1-2H3,(H,14,15);5H,4H2,1-3H3;1-3H,8-9H2/p+1. The molecule has 1 aliphatic rings. The Hall–Kier alpha value is -4.54. The molecule has 0 bridgehead atoms. The number of hydrogen-bond acceptors (Lipinski definition) is 9. The number of nitrogens with zero attached hydrogens (tertiary/aromatic N) is 2. The van der Waals surface area contributed by atoms with Crippen molar-refractivity contribution in [2.45, 2.75) is 60.3 Å². The van der Waals surface area contributed by atoms with E-state index in [1.165, 1.54) is 0 Å². The lowest BCUT2D eigenvalue weighted by molar-refractivity contribution is -0.154. The van der Waals surface area contributed by atoms with Gasteiger partial charge in [-0.2, -0.15) is 4.98 Å². The third-order valence-electron chi connectivity index (χ3n) is 6.52. The molecule has 260 valence electrons. The lowest BCUT2D eigenvalue weighted by Gasteiger charge is -2.05. The largest absolute Gasteiger partial charge is 0.460 e. The Balaban J connectivity index is 0.000000233. The van der Waals surface area contributed by atoms with Gasteiger partial charge in [0.15, 0.2) is 5.69 Å². The van der Waals surface area contributed by atoms with Crippen LogP contribution in [0, 0.1) is 12.0 Å². The summed E-state index contributed by atoms with van der Waals surface area (Å²) in [5.74, 6) is -1.26. The van der Waals surface area contributed by atoms with Gasteiger partial charge in [-0.25, -0.2) is 9.78 Å². The smallest absolute Gasteiger partial charge is 0.374 e. The van der Waals surface area contributed by atoms with Gasteiger partial charge in [-0.15, -0.1) is 0 Å². The number of nitrogens with two attached hydrogens (primary N) is 2. The van der Waals surface area contributed by atoms with Gasteiger partial charge >= 0.3 is 5.97 Å². The van der Waals surface area contributed by atoms with Gasteiger partial charge in [0.1, 0.15) is 17.5 Å². The number of para-hydroxylation sites is 2. The molecule has 1 aliphatic carbocycles. The van der Waals surface area contributed by atoms with Crippen molar-refractivity contribution in [1.82, 2.24) is 19.9 Å². The molecule has 49 heavy (non-hydrogen) atoms. The lowest BCUT2D eigenvalue weighted by Crippen LogP contribution is -2.21. The van der Waals surface area contributed by atoms with E-state index in [1.54, 1.807) is 57.2 Å². The Morgan fingerprint density at radius 2 is 1.43 bits per heavy atom. The van der Waals surface area contributed by atoms with Crippen LogP contribution in [-0.2, 0) is 14.3 Å². The number of benzene rings is 2. The van der Waals surface area contributed by atoms with Crippen molar-refractivity contribution < 1.29 is 14.3 Å². The molecule has 0 spiro atoms. The first-order valence-corrected chi connectivity index (χ1v) is 16.4. The van der Waals surface area contributed by atoms with E-state index in [4.69, 9.17) is 46.3 Å². The molecule has 0 amide bonds. The molecule has 6 N–H and O–H groups in total. The Morgan fingerprint density at radius 1 is 0.857 bits per heavy atom. The summed E-state index contributed by atoms with van der Waals surface area (Å²) in [4.78, 5) is 58.7. The quantitative estimate of drug-likeness (QED) is 0.0708. The van der Waals surface area contributed by atoms with Crippen molar-refractivity contribution in [1.29, 1.82) is 0 Å². The molecule has 2 heterocycles. The molecule has 4 aromatic rings. The number of esters is 1. The second-order valence-electron chi connectivity index (χ2n) is 11.4. The fourth-order valence-corrected chi connectivity index (χ4v) is 4.50. The molecule has 5 rings (SSSR count). The van der Waals surface area contributed by atoms with Crippen LogP contribution in [-0.4, -0.2) is 38.3 Å². The Bertz CT molecular complexity index is 1950. The minimum absolute atomic E-state index is 0.0782. The second kappa shape index (κ2) is 18.9. The van der Waals surface area contributed by atoms with Gasteiger partial charge in [0.2, 0.25) is 16.5 Å². The second-order valence-corrected chi connectivity index (χ2v) is 12.6. The van der Waals surface area contributed by atoms with Gasteiger partial charge in [0.05, 0.1) is 51.2 Å². The van der Waals surface area contributed by atoms with Crippen LogP contribution >= 0.6 is 34.8 Å². The fourth-order valence-electron chi connectivity index (χ4n) is 3.89. The topological polar surface area (TPSA) is 187 Å². The summed E-state index contributed by atoms with van der Waals surface area (Å²) in [6.07, 6.45) is 6.24. The number of fused-ring (bicyclic) bond motifs is 2. The number of carbonyl (C=O) groups excluding carboxylic acids is 2. The summed E-state index contributed by atoms with van der Waals surface area (Å²) in [5, 5.41) is 1.47. The first-order valence-electron chi connectivity index (χ1n) is 15.3. The number of ketones is 1. The first kappa shape index (κ1) is 40.6. The molecule has 0 saturated carbocycles. The molecule has 2 aromatic carbocycles. The van der Waals surface area contributed by atoms with Crippen LogP contribution in [0.3, 0.4) is 0 Å². The zero-order chi connectivity index (χ0) is 37.0. The number of aromatic nitrogens is 4. The van der Waals surface area contributed by atoms with Gasteiger partial charge in [-0.1, -0.05) is 76.9 Å². The molecule has 0 saturated heterocycles. The van der Waals surface area contributed by atoms with E-state index < -0.39 is 11.8 Å². The fraction of sp³-hybridized carbons (Fsp3) is 0.314. The molecule has 0 atom stereocenters. The number of ether oxygens (including phenoxy) is 1. The van der Waals surface area contributed by atoms with Gasteiger partial charge in [0.25, 0.3) is 11.1 Å². The molecule has 0 unspecified atom stereocenters. The van der Waals surface area contributed by atoms with E-state index in [-0.39, 0.29) is 35.5 Å². The number of H-pyrrole nitrogens is 2. The van der Waals surface area contributed by atoms with Gasteiger partial charge in [-0.3, -0.25) is 19.4 Å². The number of anilines is 2. The zero-order valence-corrected chi connectivity index (χ0v) is 30.6. The van der Waals surface area contributed by atoms with Crippen molar-refractivity contribution >= 4 is 80.1 Å². The highest BCUT2D eigenvalue weighted by Crippen LogP contribution is 2.25. The summed E-state index contributed by atoms with van der Waals surface area (Å²) < 4.78 is 4.48. The number of nitrogen functional groups attached to an aromatic ring is 2. The maximum Gasteiger partial charge on any atom is 0.374 e. The number of nitrogens with one attached hydrogen (secondary N) is 2. The molecule has 0 aliphatic heterocycles. The Morgan fingerprint density at radius 3 is 1.98 bits per heavy atom. The van der Waals surface area contributed by atoms with E-state index >= 15 is 0 Å². The van der Waals surface area contributed by atoms with E-state index in [0.29, 0.717) is 54.7 Å². The maximum absolute atomic E-state index is 11.7. The van der Waals surface area contributed by atoms with Crippen LogP contribution in [0.4, 0.5) is 11.4 Å². The molecule has 11 nitrogen and oxygen atoms in total. The minimum atomic E-state index is -0.725. The highest BCUT2D eigenvalue weighted by Gasteiger charge is 2.23. The molecule has 2 aromatic heterocycles. The number of halogens is 3. The number of Topliss-reactive ketones (excluding diaryl/α,β-unsaturated/α-hetero) is 1. The molecule has 0 radical (unpaired) electrons. The summed E-state index contributed by atoms with van der Waals surface area (Å²) in [5.41, 5.74) is 15.1. The van der Waals surface area contributed by atoms with Crippen LogP contribution in [0.2, 0.25) is 10.0 Å². The van der Waals surface area contributed by atoms with Crippen molar-refractivity contribution in [2.75, 3.05) is 18.1 Å². The SMILES string of the molecule is CC(C)c1nc2c([nH]c1=O)C=C[C+]=C2Cl.CC(C)c1nc2cccc(Cl)c2[nH]c1=O.CCOC(=O)C(=O)C(C)C.Nc1cccc(Cl)c1N. The average Bonchev–Trinajstić information content (AvgIpc) is 3.04. The van der Waals surface area contributed by atoms with E-state index in [9.17, 15) is 19.2 Å². The van der Waals surface area contributed by atoms with Crippen LogP contribution < -0.4 is 22.6 Å². The average molecular weight is 731 g/mol. The molecule has 0 fully saturated rings. The minimum Gasteiger partial charge on any atom is -0.460 e. The van der Waals surface area contributed by atoms with Crippen LogP contribution in [0.1, 0.15) is 83.1 Å². The van der Waals surface area contributed by atoms with E-state index in [1.807, 2.05) is 39.8 Å². The van der Waals surface area contributed by atoms with Crippen molar-refractivity contribution in [3.63, 3.8) is 0 Å². The lowest BCUT2D eigenvalue weighted by atomic mass is 10.1. The number of carbonyl (C=O) groups is 2. The third kappa shape index (κ3) is 11.5. The zero-order valence-electron chi connectivity index (χ0n) is 28.3. The highest BCUT2D eigenvalue weighted by atomic mass is 35.5. The van der Waals surface area contributed by atoms with Crippen molar-refractivity contribution in [2.24, 2.45) is 5.92 Å². The third-order valence-corrected chi connectivity index (χ3v) is 7.45. The summed E-state index contributed by atoms with van der Waals surface area (Å²) >= 11 is 17.5. The number of allylic oxidation sites excluding steroid dienone is 2. The monoisotopic (exact) mass is 729 g/mol. The molecule has 14 heteroatoms. The van der Waals surface area contributed by atoms with Crippen LogP contribution in [0.15, 0.2) is 52.1 Å². The van der Waals surface area contributed by atoms with Gasteiger partial charge in [0, 0.05) is 17.8 Å². The molecular formula is C35H40Cl3N6O5+. The highest BCUT2D eigenvalue weighted by molar-refractivity contribution is 6.48. The number of aromatic amines is 2. The number of rotatable bonds is 5. The van der Waals surface area contributed by atoms with E-state index in [2.05, 4.69) is 30.7 Å². The Kier molecular flexibility index (Phi) is 15.6. The Labute approximate surface area is 299 Å². The number of hydrogen-bond donors (Lipinski definition) is 4.